The summed E-state index contributed by atoms with van der Waals surface area (Å²) in [6.45, 7) is 6.61. The summed E-state index contributed by atoms with van der Waals surface area (Å²) in [5.41, 5.74) is 5.10. The first-order valence-electron chi connectivity index (χ1n) is 12.2. The van der Waals surface area contributed by atoms with E-state index in [4.69, 9.17) is 5.73 Å². The Labute approximate surface area is 202 Å². The number of nitrogen functional groups attached to an aromatic ring is 1. The van der Waals surface area contributed by atoms with Crippen molar-refractivity contribution in [3.8, 4) is 0 Å². The van der Waals surface area contributed by atoms with Gasteiger partial charge < -0.3 is 15.5 Å². The summed E-state index contributed by atoms with van der Waals surface area (Å²) in [7, 11) is 0. The van der Waals surface area contributed by atoms with Crippen molar-refractivity contribution in [1.82, 2.24) is 24.3 Å². The highest BCUT2D eigenvalue weighted by molar-refractivity contribution is 7.99. The number of H-pyrrole nitrogens is 1. The van der Waals surface area contributed by atoms with Crippen LogP contribution >= 0.6 is 11.8 Å². The minimum Gasteiger partial charge on any atom is -0.383 e. The molecule has 1 aliphatic carbocycles. The molecule has 1 saturated heterocycles. The van der Waals surface area contributed by atoms with E-state index < -0.39 is 11.2 Å². The van der Waals surface area contributed by atoms with E-state index in [9.17, 15) is 14.4 Å². The van der Waals surface area contributed by atoms with Crippen molar-refractivity contribution in [3.05, 3.63) is 20.8 Å². The van der Waals surface area contributed by atoms with Crippen molar-refractivity contribution >= 4 is 35.1 Å². The molecule has 0 unspecified atom stereocenters. The topological polar surface area (TPSA) is 135 Å². The summed E-state index contributed by atoms with van der Waals surface area (Å²) in [5, 5.41) is 9.57. The molecule has 3 heterocycles. The first kappa shape index (κ1) is 24.4. The SMILES string of the molecule is CCCCN(C(=O)CSc1nnc(N2CCCC2)n1C1CC1)c1c(N)n(CCC)c(=O)[nH]c1=O. The van der Waals surface area contributed by atoms with Crippen LogP contribution in [0.1, 0.15) is 64.8 Å². The van der Waals surface area contributed by atoms with Gasteiger partial charge in [-0.05, 0) is 38.5 Å². The molecule has 0 spiro atoms. The number of nitrogens with two attached hydrogens (primary N) is 1. The molecule has 0 radical (unpaired) electrons. The number of rotatable bonds is 11. The van der Waals surface area contributed by atoms with Crippen LogP contribution in [0.3, 0.4) is 0 Å². The van der Waals surface area contributed by atoms with E-state index in [0.717, 1.165) is 56.3 Å². The van der Waals surface area contributed by atoms with Gasteiger partial charge in [0.2, 0.25) is 11.9 Å². The van der Waals surface area contributed by atoms with Crippen LogP contribution in [0.4, 0.5) is 17.5 Å². The molecule has 2 aromatic rings. The summed E-state index contributed by atoms with van der Waals surface area (Å²) in [5.74, 6) is 0.776. The Kier molecular flexibility index (Phi) is 7.64. The maximum absolute atomic E-state index is 13.4. The maximum atomic E-state index is 13.4. The predicted molar refractivity (Wildman–Crippen MR) is 134 cm³/mol. The van der Waals surface area contributed by atoms with Crippen LogP contribution in [0.5, 0.6) is 0 Å². The minimum absolute atomic E-state index is 0.0301. The summed E-state index contributed by atoms with van der Waals surface area (Å²) in [6, 6.07) is 0.385. The Morgan fingerprint density at radius 2 is 1.91 bits per heavy atom. The molecule has 2 fully saturated rings. The lowest BCUT2D eigenvalue weighted by Gasteiger charge is -2.24. The standard InChI is InChI=1S/C22H34N8O3S/c1-3-5-13-28(17-18(23)29(10-4-2)21(33)24-19(17)32)16(31)14-34-22-26-25-20(27-11-6-7-12-27)30(22)15-8-9-15/h15H,3-14,23H2,1-2H3,(H,24,32,33). The van der Waals surface area contributed by atoms with E-state index >= 15 is 0 Å². The number of unbranched alkanes of at least 4 members (excludes halogenated alkanes) is 1. The molecule has 186 valence electrons. The first-order chi connectivity index (χ1) is 16.5. The van der Waals surface area contributed by atoms with Crippen molar-refractivity contribution in [2.24, 2.45) is 0 Å². The molecule has 4 rings (SSSR count). The summed E-state index contributed by atoms with van der Waals surface area (Å²) in [4.78, 5) is 44.4. The van der Waals surface area contributed by atoms with E-state index in [2.05, 4.69) is 24.6 Å². The largest absolute Gasteiger partial charge is 0.383 e. The highest BCUT2D eigenvalue weighted by atomic mass is 32.2. The van der Waals surface area contributed by atoms with E-state index in [1.807, 2.05) is 13.8 Å². The third kappa shape index (κ3) is 5.01. The number of carbonyl (C=O) groups is 1. The molecule has 0 bridgehead atoms. The molecule has 2 aromatic heterocycles. The monoisotopic (exact) mass is 490 g/mol. The third-order valence-corrected chi connectivity index (χ3v) is 7.17. The molecule has 34 heavy (non-hydrogen) atoms. The number of amides is 1. The van der Waals surface area contributed by atoms with E-state index in [0.29, 0.717) is 32.0 Å². The van der Waals surface area contributed by atoms with Crippen LogP contribution in [0.15, 0.2) is 14.7 Å². The van der Waals surface area contributed by atoms with Crippen molar-refractivity contribution < 1.29 is 4.79 Å². The molecule has 11 nitrogen and oxygen atoms in total. The fourth-order valence-corrected chi connectivity index (χ4v) is 5.19. The zero-order valence-electron chi connectivity index (χ0n) is 20.0. The Balaban J connectivity index is 1.58. The normalized spacial score (nSPS) is 15.8. The van der Waals surface area contributed by atoms with Gasteiger partial charge in [-0.25, -0.2) is 4.79 Å². The van der Waals surface area contributed by atoms with Gasteiger partial charge in [-0.3, -0.25) is 23.7 Å². The number of hydrogen-bond acceptors (Lipinski definition) is 8. The highest BCUT2D eigenvalue weighted by Crippen LogP contribution is 2.41. The Bertz CT molecular complexity index is 1130. The van der Waals surface area contributed by atoms with Crippen molar-refractivity contribution in [1.29, 1.82) is 0 Å². The molecule has 0 aromatic carbocycles. The fourth-order valence-electron chi connectivity index (χ4n) is 4.32. The van der Waals surface area contributed by atoms with Crippen LogP contribution in [0, 0.1) is 0 Å². The lowest BCUT2D eigenvalue weighted by Crippen LogP contribution is -2.42. The van der Waals surface area contributed by atoms with Crippen molar-refractivity contribution in [3.63, 3.8) is 0 Å². The zero-order chi connectivity index (χ0) is 24.2. The van der Waals surface area contributed by atoms with Gasteiger partial charge in [-0.15, -0.1) is 10.2 Å². The number of nitrogens with zero attached hydrogens (tertiary/aromatic N) is 6. The van der Waals surface area contributed by atoms with Gasteiger partial charge in [0.25, 0.3) is 5.56 Å². The quantitative estimate of drug-likeness (QED) is 0.457. The van der Waals surface area contributed by atoms with Crippen LogP contribution in [0.25, 0.3) is 0 Å². The molecule has 1 aliphatic heterocycles. The van der Waals surface area contributed by atoms with Crippen LogP contribution in [0.2, 0.25) is 0 Å². The molecule has 1 amide bonds. The number of carbonyl (C=O) groups excluding carboxylic acids is 1. The maximum Gasteiger partial charge on any atom is 0.330 e. The Morgan fingerprint density at radius 1 is 1.18 bits per heavy atom. The molecule has 2 aliphatic rings. The van der Waals surface area contributed by atoms with Gasteiger partial charge in [0.15, 0.2) is 10.8 Å². The molecular weight excluding hydrogens is 456 g/mol. The fraction of sp³-hybridized carbons (Fsp3) is 0.682. The van der Waals surface area contributed by atoms with Gasteiger partial charge >= 0.3 is 5.69 Å². The average Bonchev–Trinajstić information content (AvgIpc) is 3.33. The van der Waals surface area contributed by atoms with E-state index in [1.54, 1.807) is 0 Å². The molecule has 3 N–H and O–H groups in total. The molecule has 12 heteroatoms. The van der Waals surface area contributed by atoms with Crippen LogP contribution < -0.4 is 26.8 Å². The summed E-state index contributed by atoms with van der Waals surface area (Å²) in [6.07, 6.45) is 6.71. The highest BCUT2D eigenvalue weighted by Gasteiger charge is 2.33. The number of thioether (sulfide) groups is 1. The summed E-state index contributed by atoms with van der Waals surface area (Å²) < 4.78 is 3.49. The lowest BCUT2D eigenvalue weighted by atomic mass is 10.2. The number of aromatic nitrogens is 5. The third-order valence-electron chi connectivity index (χ3n) is 6.24. The van der Waals surface area contributed by atoms with Gasteiger partial charge in [-0.2, -0.15) is 0 Å². The van der Waals surface area contributed by atoms with Gasteiger partial charge in [0, 0.05) is 32.2 Å². The van der Waals surface area contributed by atoms with E-state index in [-0.39, 0.29) is 23.2 Å². The second kappa shape index (κ2) is 10.7. The Morgan fingerprint density at radius 3 is 2.56 bits per heavy atom. The average molecular weight is 491 g/mol. The van der Waals surface area contributed by atoms with Crippen LogP contribution in [-0.2, 0) is 11.3 Å². The number of nitrogens with one attached hydrogen (secondary N) is 1. The molecule has 0 atom stereocenters. The number of hydrogen-bond donors (Lipinski definition) is 2. The zero-order valence-corrected chi connectivity index (χ0v) is 20.8. The summed E-state index contributed by atoms with van der Waals surface area (Å²) >= 11 is 1.34. The molecule has 1 saturated carbocycles. The van der Waals surface area contributed by atoms with Crippen LogP contribution in [-0.4, -0.2) is 55.6 Å². The van der Waals surface area contributed by atoms with Crippen molar-refractivity contribution in [2.75, 3.05) is 40.9 Å². The number of anilines is 3. The predicted octanol–water partition coefficient (Wildman–Crippen LogP) is 1.98. The second-order valence-corrected chi connectivity index (χ2v) is 9.85. The minimum atomic E-state index is -0.637. The molecular formula is C22H34N8O3S. The second-order valence-electron chi connectivity index (χ2n) is 8.91. The van der Waals surface area contributed by atoms with Gasteiger partial charge in [-0.1, -0.05) is 32.0 Å². The first-order valence-corrected chi connectivity index (χ1v) is 13.2. The van der Waals surface area contributed by atoms with Gasteiger partial charge in [0.05, 0.1) is 5.75 Å². The smallest absolute Gasteiger partial charge is 0.330 e. The lowest BCUT2D eigenvalue weighted by molar-refractivity contribution is -0.116. The van der Waals surface area contributed by atoms with E-state index in [1.165, 1.54) is 21.2 Å². The van der Waals surface area contributed by atoms with Gasteiger partial charge in [0.1, 0.15) is 5.82 Å². The number of aromatic amines is 1. The Hall–Kier alpha value is -2.76. The van der Waals surface area contributed by atoms with Crippen molar-refractivity contribution in [2.45, 2.75) is 76.5 Å².